The molecule has 0 unspecified atom stereocenters. The second-order valence-electron chi connectivity index (χ2n) is 6.17. The second-order valence-corrected chi connectivity index (χ2v) is 6.56. The lowest BCUT2D eigenvalue weighted by Crippen LogP contribution is -2.47. The van der Waals surface area contributed by atoms with Gasteiger partial charge < -0.3 is 10.2 Å². The van der Waals surface area contributed by atoms with Crippen LogP contribution in [-0.2, 0) is 6.42 Å². The zero-order valence-corrected chi connectivity index (χ0v) is 13.1. The van der Waals surface area contributed by atoms with Gasteiger partial charge in [0.05, 0.1) is 0 Å². The fourth-order valence-corrected chi connectivity index (χ4v) is 3.79. The molecule has 0 amide bonds. The summed E-state index contributed by atoms with van der Waals surface area (Å²) in [6.07, 6.45) is 8.99. The van der Waals surface area contributed by atoms with Gasteiger partial charge in [0.1, 0.15) is 0 Å². The molecule has 1 aromatic carbocycles. The van der Waals surface area contributed by atoms with E-state index in [4.69, 9.17) is 12.2 Å². The fourth-order valence-electron chi connectivity index (χ4n) is 3.44. The first-order valence-corrected chi connectivity index (χ1v) is 8.32. The van der Waals surface area contributed by atoms with Gasteiger partial charge >= 0.3 is 0 Å². The van der Waals surface area contributed by atoms with Crippen molar-refractivity contribution in [2.24, 2.45) is 0 Å². The average Bonchev–Trinajstić information content (AvgIpc) is 2.47. The number of thiocarbonyl (C=S) groups is 1. The van der Waals surface area contributed by atoms with E-state index in [0.29, 0.717) is 6.04 Å². The van der Waals surface area contributed by atoms with Crippen LogP contribution < -0.4 is 10.2 Å². The van der Waals surface area contributed by atoms with Gasteiger partial charge in [-0.3, -0.25) is 0 Å². The summed E-state index contributed by atoms with van der Waals surface area (Å²) >= 11 is 5.68. The van der Waals surface area contributed by atoms with Crippen LogP contribution in [0.2, 0.25) is 0 Å². The number of nitrogens with zero attached hydrogens (tertiary/aromatic N) is 1. The van der Waals surface area contributed by atoms with E-state index in [-0.39, 0.29) is 0 Å². The first-order chi connectivity index (χ1) is 9.74. The minimum atomic E-state index is 0.590. The summed E-state index contributed by atoms with van der Waals surface area (Å²) in [5.41, 5.74) is 4.11. The summed E-state index contributed by atoms with van der Waals surface area (Å²) in [5, 5.41) is 4.53. The Hall–Kier alpha value is -1.09. The highest BCUT2D eigenvalue weighted by Crippen LogP contribution is 2.28. The first kappa shape index (κ1) is 13.9. The Balaban J connectivity index is 1.72. The number of fused-ring (bicyclic) bond motifs is 1. The monoisotopic (exact) mass is 288 g/mol. The summed E-state index contributed by atoms with van der Waals surface area (Å²) in [5.74, 6) is 0. The van der Waals surface area contributed by atoms with Gasteiger partial charge in [0.15, 0.2) is 5.11 Å². The molecule has 0 radical (unpaired) electrons. The van der Waals surface area contributed by atoms with Gasteiger partial charge in [0, 0.05) is 18.3 Å². The number of nitrogens with one attached hydrogen (secondary N) is 1. The van der Waals surface area contributed by atoms with Crippen molar-refractivity contribution in [3.63, 3.8) is 0 Å². The van der Waals surface area contributed by atoms with Crippen LogP contribution in [0.15, 0.2) is 18.2 Å². The lowest BCUT2D eigenvalue weighted by atomic mass is 9.95. The summed E-state index contributed by atoms with van der Waals surface area (Å²) in [4.78, 5) is 2.31. The van der Waals surface area contributed by atoms with Crippen molar-refractivity contribution in [3.05, 3.63) is 29.3 Å². The molecule has 1 N–H and O–H groups in total. The van der Waals surface area contributed by atoms with Gasteiger partial charge in [-0.2, -0.15) is 0 Å². The van der Waals surface area contributed by atoms with Crippen LogP contribution in [0.4, 0.5) is 5.69 Å². The molecule has 1 aliphatic heterocycles. The SMILES string of the molecule is Cc1ccc2c(c1)CCCN2C(=S)NC1CCCCC1. The first-order valence-electron chi connectivity index (χ1n) is 7.91. The largest absolute Gasteiger partial charge is 0.360 e. The molecular weight excluding hydrogens is 264 g/mol. The molecule has 1 aliphatic carbocycles. The quantitative estimate of drug-likeness (QED) is 0.788. The molecule has 0 spiro atoms. The second kappa shape index (κ2) is 6.13. The van der Waals surface area contributed by atoms with E-state index < -0.39 is 0 Å². The van der Waals surface area contributed by atoms with Crippen LogP contribution in [0.1, 0.15) is 49.7 Å². The Morgan fingerprint density at radius 1 is 1.20 bits per heavy atom. The maximum Gasteiger partial charge on any atom is 0.173 e. The third-order valence-electron chi connectivity index (χ3n) is 4.53. The molecule has 1 heterocycles. The van der Waals surface area contributed by atoms with Crippen molar-refractivity contribution >= 4 is 23.0 Å². The molecule has 108 valence electrons. The van der Waals surface area contributed by atoms with Crippen LogP contribution in [0, 0.1) is 6.92 Å². The van der Waals surface area contributed by atoms with Gasteiger partial charge in [-0.05, 0) is 56.5 Å². The van der Waals surface area contributed by atoms with Gasteiger partial charge in [-0.1, -0.05) is 37.0 Å². The van der Waals surface area contributed by atoms with Crippen molar-refractivity contribution in [1.82, 2.24) is 5.32 Å². The molecule has 1 aromatic rings. The molecular formula is C17H24N2S. The maximum absolute atomic E-state index is 5.68. The highest BCUT2D eigenvalue weighted by Gasteiger charge is 2.22. The molecule has 1 fully saturated rings. The predicted octanol–water partition coefficient (Wildman–Crippen LogP) is 3.95. The summed E-state index contributed by atoms with van der Waals surface area (Å²) in [6.45, 7) is 3.21. The van der Waals surface area contributed by atoms with Crippen molar-refractivity contribution in [2.75, 3.05) is 11.4 Å². The number of hydrogen-bond donors (Lipinski definition) is 1. The fraction of sp³-hybridized carbons (Fsp3) is 0.588. The number of aryl methyl sites for hydroxylation is 2. The van der Waals surface area contributed by atoms with Crippen LogP contribution in [0.3, 0.4) is 0 Å². The summed E-state index contributed by atoms with van der Waals surface area (Å²) in [6, 6.07) is 7.33. The van der Waals surface area contributed by atoms with E-state index in [9.17, 15) is 0 Å². The van der Waals surface area contributed by atoms with E-state index in [0.717, 1.165) is 11.7 Å². The zero-order chi connectivity index (χ0) is 13.9. The average molecular weight is 288 g/mol. The molecule has 0 bridgehead atoms. The molecule has 2 aliphatic rings. The molecule has 1 saturated carbocycles. The molecule has 2 nitrogen and oxygen atoms in total. The van der Waals surface area contributed by atoms with Crippen molar-refractivity contribution in [3.8, 4) is 0 Å². The molecule has 0 aromatic heterocycles. The third-order valence-corrected chi connectivity index (χ3v) is 4.87. The van der Waals surface area contributed by atoms with Crippen LogP contribution >= 0.6 is 12.2 Å². The van der Waals surface area contributed by atoms with Gasteiger partial charge in [-0.25, -0.2) is 0 Å². The Morgan fingerprint density at radius 3 is 2.80 bits per heavy atom. The van der Waals surface area contributed by atoms with Crippen LogP contribution in [0.5, 0.6) is 0 Å². The van der Waals surface area contributed by atoms with E-state index in [1.165, 1.54) is 61.8 Å². The van der Waals surface area contributed by atoms with Crippen molar-refractivity contribution in [2.45, 2.75) is 57.9 Å². The Morgan fingerprint density at radius 2 is 2.00 bits per heavy atom. The standard InChI is InChI=1S/C17H24N2S/c1-13-9-10-16-14(12-13)6-5-11-19(16)17(20)18-15-7-3-2-4-8-15/h9-10,12,15H,2-8,11H2,1H3,(H,18,20). The number of rotatable bonds is 1. The van der Waals surface area contributed by atoms with Crippen molar-refractivity contribution in [1.29, 1.82) is 0 Å². The van der Waals surface area contributed by atoms with E-state index >= 15 is 0 Å². The van der Waals surface area contributed by atoms with Gasteiger partial charge in [0.2, 0.25) is 0 Å². The highest BCUT2D eigenvalue weighted by atomic mass is 32.1. The van der Waals surface area contributed by atoms with Crippen molar-refractivity contribution < 1.29 is 0 Å². The number of benzene rings is 1. The minimum absolute atomic E-state index is 0.590. The Bertz CT molecular complexity index is 492. The zero-order valence-electron chi connectivity index (χ0n) is 12.3. The van der Waals surface area contributed by atoms with Gasteiger partial charge in [0.25, 0.3) is 0 Å². The molecule has 3 rings (SSSR count). The number of anilines is 1. The summed E-state index contributed by atoms with van der Waals surface area (Å²) in [7, 11) is 0. The topological polar surface area (TPSA) is 15.3 Å². The van der Waals surface area contributed by atoms with E-state index in [1.54, 1.807) is 0 Å². The Kier molecular flexibility index (Phi) is 4.25. The molecule has 0 atom stereocenters. The predicted molar refractivity (Wildman–Crippen MR) is 89.5 cm³/mol. The molecule has 20 heavy (non-hydrogen) atoms. The third kappa shape index (κ3) is 2.98. The molecule has 3 heteroatoms. The van der Waals surface area contributed by atoms with E-state index in [1.807, 2.05) is 0 Å². The molecule has 0 saturated heterocycles. The maximum atomic E-state index is 5.68. The summed E-state index contributed by atoms with van der Waals surface area (Å²) < 4.78 is 0. The smallest absolute Gasteiger partial charge is 0.173 e. The minimum Gasteiger partial charge on any atom is -0.360 e. The Labute approximate surface area is 127 Å². The van der Waals surface area contributed by atoms with E-state index in [2.05, 4.69) is 35.3 Å². The lowest BCUT2D eigenvalue weighted by Gasteiger charge is -2.34. The lowest BCUT2D eigenvalue weighted by molar-refractivity contribution is 0.413. The van der Waals surface area contributed by atoms with Crippen LogP contribution in [-0.4, -0.2) is 17.7 Å². The highest BCUT2D eigenvalue weighted by molar-refractivity contribution is 7.80. The van der Waals surface area contributed by atoms with Crippen LogP contribution in [0.25, 0.3) is 0 Å². The van der Waals surface area contributed by atoms with Gasteiger partial charge in [-0.15, -0.1) is 0 Å². The number of hydrogen-bond acceptors (Lipinski definition) is 1. The normalized spacial score (nSPS) is 19.6.